The molecule has 0 heterocycles. The molecule has 0 aliphatic carbocycles. The number of ether oxygens (including phenoxy) is 1. The Bertz CT molecular complexity index is 245. The Morgan fingerprint density at radius 3 is 2.43 bits per heavy atom. The van der Waals surface area contributed by atoms with E-state index in [2.05, 4.69) is 0 Å². The van der Waals surface area contributed by atoms with E-state index in [0.717, 1.165) is 4.74 Å². The topological polar surface area (TPSA) is 58.8 Å². The lowest BCUT2D eigenvalue weighted by Gasteiger charge is -2.02. The second kappa shape index (κ2) is 6.94. The second-order valence-corrected chi connectivity index (χ2v) is 2.24. The summed E-state index contributed by atoms with van der Waals surface area (Å²) in [6, 6.07) is 0. The molecule has 0 spiro atoms. The van der Waals surface area contributed by atoms with E-state index in [9.17, 15) is 4.79 Å². The van der Waals surface area contributed by atoms with Crippen LogP contribution in [0, 0.1) is 0 Å². The minimum absolute atomic E-state index is 0.0452. The summed E-state index contributed by atoms with van der Waals surface area (Å²) in [6.45, 7) is 5.78. The highest BCUT2D eigenvalue weighted by Gasteiger charge is 2.25. The Kier molecular flexibility index (Phi) is 6.19. The molecule has 0 aromatic carbocycles. The van der Waals surface area contributed by atoms with Gasteiger partial charge < -0.3 is 9.84 Å². The Hall–Kier alpha value is -1.52. The molecule has 0 amide bonds. The molecule has 14 heavy (non-hydrogen) atoms. The van der Waals surface area contributed by atoms with Crippen molar-refractivity contribution in [1.29, 1.82) is 0 Å². The molecule has 0 aliphatic heterocycles. The van der Waals surface area contributed by atoms with Crippen LogP contribution in [-0.4, -0.2) is 35.2 Å². The van der Waals surface area contributed by atoms with Gasteiger partial charge in [-0.3, -0.25) is 4.84 Å². The number of carbonyl (C=O) groups is 1. The van der Waals surface area contributed by atoms with Crippen molar-refractivity contribution in [3.05, 3.63) is 12.0 Å². The molecule has 1 N–H and O–H groups in total. The van der Waals surface area contributed by atoms with Gasteiger partial charge in [-0.05, 0) is 13.8 Å². The van der Waals surface area contributed by atoms with Crippen molar-refractivity contribution in [2.45, 2.75) is 20.8 Å². The molecule has 0 radical (unpaired) electrons. The van der Waals surface area contributed by atoms with Gasteiger partial charge in [-0.25, -0.2) is 4.79 Å². The first-order valence-electron chi connectivity index (χ1n) is 4.44. The third kappa shape index (κ3) is 3.47. The van der Waals surface area contributed by atoms with Gasteiger partial charge in [0.05, 0.1) is 6.61 Å². The van der Waals surface area contributed by atoms with Gasteiger partial charge in [0.15, 0.2) is 19.1 Å². The monoisotopic (exact) mass is 202 g/mol. The molecular weight excluding hydrogens is 186 g/mol. The molecule has 0 fully saturated rings. The molecule has 0 rings (SSSR count). The smallest absolute Gasteiger partial charge is 0.411 e. The van der Waals surface area contributed by atoms with Gasteiger partial charge in [0.1, 0.15) is 0 Å². The van der Waals surface area contributed by atoms with E-state index in [4.69, 9.17) is 14.7 Å². The first-order valence-corrected chi connectivity index (χ1v) is 4.44. The number of hydroxylamine groups is 1. The van der Waals surface area contributed by atoms with Gasteiger partial charge in [0.2, 0.25) is 0 Å². The number of hydrogen-bond acceptors (Lipinski definition) is 4. The van der Waals surface area contributed by atoms with Gasteiger partial charge in [-0.2, -0.15) is 0 Å². The van der Waals surface area contributed by atoms with Crippen molar-refractivity contribution in [2.75, 3.05) is 13.2 Å². The van der Waals surface area contributed by atoms with Crippen molar-refractivity contribution in [3.8, 4) is 0 Å². The lowest BCUT2D eigenvalue weighted by molar-refractivity contribution is -0.746. The summed E-state index contributed by atoms with van der Waals surface area (Å²) in [7, 11) is 0. The van der Waals surface area contributed by atoms with Gasteiger partial charge >= 0.3 is 11.7 Å². The Balaban J connectivity index is 4.63. The van der Waals surface area contributed by atoms with E-state index in [1.807, 2.05) is 0 Å². The van der Waals surface area contributed by atoms with Crippen molar-refractivity contribution in [1.82, 2.24) is 0 Å². The normalized spacial score (nSPS) is 12.5. The lowest BCUT2D eigenvalue weighted by Crippen LogP contribution is -2.21. The number of carbonyl (C=O) groups excluding carboxylic acids is 1. The highest BCUT2D eigenvalue weighted by Crippen LogP contribution is 2.00. The Morgan fingerprint density at radius 1 is 1.43 bits per heavy atom. The van der Waals surface area contributed by atoms with Gasteiger partial charge in [-0.1, -0.05) is 0 Å². The maximum Gasteiger partial charge on any atom is 0.411 e. The van der Waals surface area contributed by atoms with Crippen LogP contribution in [-0.2, 0) is 14.4 Å². The predicted octanol–water partition coefficient (Wildman–Crippen LogP) is 1.00. The summed E-state index contributed by atoms with van der Waals surface area (Å²) in [5, 5.41) is 8.85. The van der Waals surface area contributed by atoms with Crippen LogP contribution in [0.2, 0.25) is 0 Å². The highest BCUT2D eigenvalue weighted by atomic mass is 16.7. The minimum Gasteiger partial charge on any atom is -0.508 e. The van der Waals surface area contributed by atoms with Gasteiger partial charge in [0, 0.05) is 11.7 Å². The standard InChI is InChI=1S/C9H15NO4/c1-4-10(14-6-3)8(7-11)9(12)13-5-2/h4,7H,5-6H2,1-3H3/p+1. The average molecular weight is 202 g/mol. The number of aliphatic hydroxyl groups excluding tert-OH is 1. The maximum absolute atomic E-state index is 11.3. The summed E-state index contributed by atoms with van der Waals surface area (Å²) in [4.78, 5) is 16.3. The fourth-order valence-corrected chi connectivity index (χ4v) is 0.827. The molecule has 0 saturated carbocycles. The molecule has 5 nitrogen and oxygen atoms in total. The van der Waals surface area contributed by atoms with Crippen LogP contribution >= 0.6 is 0 Å². The fourth-order valence-electron chi connectivity index (χ4n) is 0.827. The third-order valence-corrected chi connectivity index (χ3v) is 1.35. The first-order chi connectivity index (χ1) is 6.71. The molecule has 80 valence electrons. The largest absolute Gasteiger partial charge is 0.508 e. The molecule has 0 saturated heterocycles. The Morgan fingerprint density at radius 2 is 2.07 bits per heavy atom. The lowest BCUT2D eigenvalue weighted by atomic mass is 10.5. The van der Waals surface area contributed by atoms with Crippen molar-refractivity contribution < 1.29 is 24.2 Å². The first kappa shape index (κ1) is 12.5. The summed E-state index contributed by atoms with van der Waals surface area (Å²) in [6.07, 6.45) is 2.18. The van der Waals surface area contributed by atoms with E-state index in [-0.39, 0.29) is 12.3 Å². The SMILES string of the molecule is CC=[N+](OCC)C(=CO)C(=O)OCC. The van der Waals surface area contributed by atoms with Crippen molar-refractivity contribution >= 4 is 12.2 Å². The second-order valence-electron chi connectivity index (χ2n) is 2.24. The molecule has 0 aliphatic rings. The maximum atomic E-state index is 11.3. The summed E-state index contributed by atoms with van der Waals surface area (Å²) >= 11 is 0. The zero-order chi connectivity index (χ0) is 11.0. The van der Waals surface area contributed by atoms with Crippen LogP contribution in [0.5, 0.6) is 0 Å². The highest BCUT2D eigenvalue weighted by molar-refractivity contribution is 5.85. The van der Waals surface area contributed by atoms with Crippen LogP contribution in [0.3, 0.4) is 0 Å². The number of esters is 1. The number of aliphatic hydroxyl groups is 1. The zero-order valence-electron chi connectivity index (χ0n) is 8.69. The van der Waals surface area contributed by atoms with Crippen molar-refractivity contribution in [2.24, 2.45) is 0 Å². The van der Waals surface area contributed by atoms with E-state index < -0.39 is 5.97 Å². The van der Waals surface area contributed by atoms with Crippen LogP contribution in [0.1, 0.15) is 20.8 Å². The predicted molar refractivity (Wildman–Crippen MR) is 51.0 cm³/mol. The fraction of sp³-hybridized carbons (Fsp3) is 0.556. The van der Waals surface area contributed by atoms with Crippen molar-refractivity contribution in [3.63, 3.8) is 0 Å². The van der Waals surface area contributed by atoms with Crippen LogP contribution in [0.25, 0.3) is 0 Å². The minimum atomic E-state index is -0.624. The molecular formula is C9H16NO4+. The van der Waals surface area contributed by atoms with Crippen LogP contribution in [0.15, 0.2) is 12.0 Å². The molecule has 5 heteroatoms. The number of hydrogen-bond donors (Lipinski definition) is 1. The Labute approximate surface area is 83.2 Å². The zero-order valence-corrected chi connectivity index (χ0v) is 8.69. The van der Waals surface area contributed by atoms with E-state index in [1.54, 1.807) is 20.8 Å². The van der Waals surface area contributed by atoms with Crippen LogP contribution in [0.4, 0.5) is 0 Å². The summed E-state index contributed by atoms with van der Waals surface area (Å²) in [5.74, 6) is -0.624. The van der Waals surface area contributed by atoms with Gasteiger partial charge in [0.25, 0.3) is 0 Å². The number of rotatable bonds is 5. The van der Waals surface area contributed by atoms with E-state index in [0.29, 0.717) is 12.9 Å². The van der Waals surface area contributed by atoms with E-state index >= 15 is 0 Å². The van der Waals surface area contributed by atoms with Gasteiger partial charge in [-0.15, -0.1) is 0 Å². The van der Waals surface area contributed by atoms with E-state index in [1.165, 1.54) is 6.21 Å². The third-order valence-electron chi connectivity index (χ3n) is 1.35. The average Bonchev–Trinajstić information content (AvgIpc) is 2.18. The molecule has 0 bridgehead atoms. The molecule has 0 atom stereocenters. The summed E-state index contributed by atoms with van der Waals surface area (Å²) in [5.41, 5.74) is -0.0452. The summed E-state index contributed by atoms with van der Waals surface area (Å²) < 4.78 is 5.88. The molecule has 0 unspecified atom stereocenters. The number of nitrogens with zero attached hydrogens (tertiary/aromatic N) is 1. The molecule has 0 aromatic rings. The van der Waals surface area contributed by atoms with Crippen LogP contribution < -0.4 is 0 Å². The quantitative estimate of drug-likeness (QED) is 0.180. The molecule has 0 aromatic heterocycles.